The number of aromatic nitrogens is 1. The van der Waals surface area contributed by atoms with E-state index in [4.69, 9.17) is 11.5 Å². The van der Waals surface area contributed by atoms with E-state index in [1.165, 1.54) is 17.0 Å². The number of amides is 2. The molecule has 0 radical (unpaired) electrons. The Labute approximate surface area is 264 Å². The van der Waals surface area contributed by atoms with Gasteiger partial charge in [0.15, 0.2) is 0 Å². The highest BCUT2D eigenvalue weighted by atomic mass is 32.2. The fourth-order valence-corrected chi connectivity index (χ4v) is 6.03. The molecule has 3 aromatic carbocycles. The zero-order valence-corrected chi connectivity index (χ0v) is 26.4. The first kappa shape index (κ1) is 33.2. The van der Waals surface area contributed by atoms with Gasteiger partial charge in [0, 0.05) is 37.2 Å². The van der Waals surface area contributed by atoms with Crippen molar-refractivity contribution in [3.63, 3.8) is 0 Å². The van der Waals surface area contributed by atoms with Gasteiger partial charge in [0.1, 0.15) is 6.04 Å². The van der Waals surface area contributed by atoms with E-state index >= 15 is 0 Å². The molecule has 1 heterocycles. The van der Waals surface area contributed by atoms with Gasteiger partial charge in [0.25, 0.3) is 10.0 Å². The van der Waals surface area contributed by atoms with Gasteiger partial charge in [-0.15, -0.1) is 0 Å². The van der Waals surface area contributed by atoms with Gasteiger partial charge in [-0.3, -0.25) is 14.6 Å². The molecule has 0 spiro atoms. The third-order valence-corrected chi connectivity index (χ3v) is 8.96. The first-order chi connectivity index (χ1) is 21.5. The van der Waals surface area contributed by atoms with Gasteiger partial charge in [-0.2, -0.15) is 0 Å². The lowest BCUT2D eigenvalue weighted by Crippen LogP contribution is -2.53. The molecular weight excluding hydrogens is 590 g/mol. The van der Waals surface area contributed by atoms with Gasteiger partial charge in [-0.25, -0.2) is 13.1 Å². The number of hydrogen-bond acceptors (Lipinski definition) is 6. The summed E-state index contributed by atoms with van der Waals surface area (Å²) in [5.74, 6) is -0.927. The summed E-state index contributed by atoms with van der Waals surface area (Å²) in [5.41, 5.74) is 16.1. The summed E-state index contributed by atoms with van der Waals surface area (Å²) in [7, 11) is -2.31. The maximum absolute atomic E-state index is 13.5. The van der Waals surface area contributed by atoms with Gasteiger partial charge in [-0.05, 0) is 61.9 Å². The van der Waals surface area contributed by atoms with E-state index in [2.05, 4.69) is 20.0 Å². The second kappa shape index (κ2) is 15.4. The molecule has 11 nitrogen and oxygen atoms in total. The molecule has 0 bridgehead atoms. The number of para-hydroxylation sites is 1. The van der Waals surface area contributed by atoms with Crippen LogP contribution >= 0.6 is 0 Å². The number of nitrogens with one attached hydrogen (secondary N) is 3. The fraction of sp³-hybridized carbons (Fsp3) is 0.303. The van der Waals surface area contributed by atoms with Crippen LogP contribution < -0.4 is 21.5 Å². The highest BCUT2D eigenvalue weighted by Gasteiger charge is 2.29. The lowest BCUT2D eigenvalue weighted by Gasteiger charge is -2.29. The first-order valence-electron chi connectivity index (χ1n) is 14.8. The Morgan fingerprint density at radius 1 is 1.00 bits per heavy atom. The van der Waals surface area contributed by atoms with Crippen LogP contribution in [-0.2, 0) is 32.5 Å². The Morgan fingerprint density at radius 2 is 1.69 bits per heavy atom. The average Bonchev–Trinajstić information content (AvgIpc) is 3.43. The minimum atomic E-state index is -3.89. The predicted octanol–water partition coefficient (Wildman–Crippen LogP) is 2.61. The lowest BCUT2D eigenvalue weighted by atomic mass is 10.0. The summed E-state index contributed by atoms with van der Waals surface area (Å²) in [4.78, 5) is 35.6. The van der Waals surface area contributed by atoms with Crippen LogP contribution in [0.4, 0.5) is 0 Å². The van der Waals surface area contributed by atoms with Crippen LogP contribution in [0.5, 0.6) is 0 Å². The number of fused-ring (bicyclic) bond motifs is 1. The number of rotatable bonds is 14. The van der Waals surface area contributed by atoms with E-state index in [1.807, 2.05) is 67.7 Å². The molecule has 2 atom stereocenters. The molecule has 0 saturated heterocycles. The second-order valence-corrected chi connectivity index (χ2v) is 12.7. The molecule has 0 saturated carbocycles. The van der Waals surface area contributed by atoms with Crippen LogP contribution in [-0.4, -0.2) is 68.3 Å². The summed E-state index contributed by atoms with van der Waals surface area (Å²) < 4.78 is 27.5. The van der Waals surface area contributed by atoms with Crippen molar-refractivity contribution in [1.29, 1.82) is 0 Å². The molecule has 2 amide bonds. The number of aromatic amines is 1. The zero-order valence-electron chi connectivity index (χ0n) is 25.6. The minimum Gasteiger partial charge on any atom is -0.369 e. The van der Waals surface area contributed by atoms with Crippen LogP contribution in [0.2, 0.25) is 0 Å². The molecule has 4 rings (SSSR count). The standard InChI is InChI=1S/C33H41N7O4S/c1-23-14-16-26(17-15-23)45(43,44)39-33(35)37-19-8-13-30(40(2)32(42)28(34)21-24-9-4-3-5-10-24)31(41)36-20-18-25-22-38-29-12-7-6-11-27(25)29/h3-7,9-12,14-17,22,28,30,38H,8,13,18-21,34H2,1-2H3,(H,36,41)(H3,35,37,39)/t28-,30+/m1/s1. The van der Waals surface area contributed by atoms with Gasteiger partial charge in [0.2, 0.25) is 17.8 Å². The van der Waals surface area contributed by atoms with Crippen LogP contribution in [0, 0.1) is 6.92 Å². The van der Waals surface area contributed by atoms with Crippen molar-refractivity contribution in [2.75, 3.05) is 20.1 Å². The largest absolute Gasteiger partial charge is 0.369 e. The number of hydrogen-bond donors (Lipinski definition) is 5. The van der Waals surface area contributed by atoms with Crippen molar-refractivity contribution in [1.82, 2.24) is 19.9 Å². The van der Waals surface area contributed by atoms with Crippen LogP contribution in [0.25, 0.3) is 10.9 Å². The number of aliphatic imine (C=N–C) groups is 1. The Hall–Kier alpha value is -4.68. The van der Waals surface area contributed by atoms with Crippen molar-refractivity contribution in [3.8, 4) is 0 Å². The average molecular weight is 632 g/mol. The van der Waals surface area contributed by atoms with Crippen molar-refractivity contribution < 1.29 is 18.0 Å². The smallest absolute Gasteiger partial charge is 0.264 e. The normalized spacial score (nSPS) is 13.3. The van der Waals surface area contributed by atoms with Gasteiger partial charge in [0.05, 0.1) is 10.9 Å². The van der Waals surface area contributed by atoms with E-state index in [9.17, 15) is 18.0 Å². The zero-order chi connectivity index (χ0) is 32.4. The SMILES string of the molecule is Cc1ccc(S(=O)(=O)NC(N)=NCCC[C@@H](C(=O)NCCc2c[nH]c3ccccc23)N(C)C(=O)[C@H](N)Cc2ccccc2)cc1. The number of likely N-dealkylation sites (N-methyl/N-ethyl adjacent to an activating group) is 1. The molecule has 0 aliphatic carbocycles. The van der Waals surface area contributed by atoms with Gasteiger partial charge >= 0.3 is 0 Å². The number of nitrogens with zero attached hydrogens (tertiary/aromatic N) is 2. The Balaban J connectivity index is 1.38. The number of carbonyl (C=O) groups is 2. The molecule has 0 fully saturated rings. The van der Waals surface area contributed by atoms with Crippen molar-refractivity contribution in [3.05, 3.63) is 102 Å². The summed E-state index contributed by atoms with van der Waals surface area (Å²) in [5, 5.41) is 4.07. The molecule has 45 heavy (non-hydrogen) atoms. The van der Waals surface area contributed by atoms with E-state index < -0.39 is 22.1 Å². The predicted molar refractivity (Wildman–Crippen MR) is 177 cm³/mol. The summed E-state index contributed by atoms with van der Waals surface area (Å²) in [6.45, 7) is 2.37. The number of carbonyl (C=O) groups excluding carboxylic acids is 2. The van der Waals surface area contributed by atoms with E-state index in [0.717, 1.165) is 27.6 Å². The van der Waals surface area contributed by atoms with Crippen molar-refractivity contribution in [2.45, 2.75) is 49.6 Å². The summed E-state index contributed by atoms with van der Waals surface area (Å²) in [6, 6.07) is 22.1. The molecule has 0 aliphatic heterocycles. The highest BCUT2D eigenvalue weighted by Crippen LogP contribution is 2.18. The summed E-state index contributed by atoms with van der Waals surface area (Å²) in [6.07, 6.45) is 3.50. The van der Waals surface area contributed by atoms with Crippen LogP contribution in [0.1, 0.15) is 29.5 Å². The maximum atomic E-state index is 13.5. The Bertz CT molecular complexity index is 1720. The molecule has 238 valence electrons. The van der Waals surface area contributed by atoms with Gasteiger partial charge < -0.3 is 26.7 Å². The monoisotopic (exact) mass is 631 g/mol. The molecule has 12 heteroatoms. The first-order valence-corrected chi connectivity index (χ1v) is 16.3. The molecule has 1 aromatic heterocycles. The third-order valence-electron chi connectivity index (χ3n) is 7.59. The quantitative estimate of drug-likeness (QED) is 0.0812. The molecule has 7 N–H and O–H groups in total. The third kappa shape index (κ3) is 9.16. The lowest BCUT2D eigenvalue weighted by molar-refractivity contribution is -0.140. The summed E-state index contributed by atoms with van der Waals surface area (Å²) >= 11 is 0. The molecule has 0 aliphatic rings. The van der Waals surface area contributed by atoms with E-state index in [-0.39, 0.29) is 35.6 Å². The second-order valence-electron chi connectivity index (χ2n) is 11.0. The number of aryl methyl sites for hydroxylation is 1. The number of H-pyrrole nitrogens is 1. The fourth-order valence-electron chi connectivity index (χ4n) is 5.08. The van der Waals surface area contributed by atoms with E-state index in [0.29, 0.717) is 25.8 Å². The highest BCUT2D eigenvalue weighted by molar-refractivity contribution is 7.90. The molecule has 0 unspecified atom stereocenters. The minimum absolute atomic E-state index is 0.0719. The number of guanidine groups is 1. The van der Waals surface area contributed by atoms with Crippen molar-refractivity contribution in [2.24, 2.45) is 16.5 Å². The topological polar surface area (TPSA) is 176 Å². The molecular formula is C33H41N7O4S. The maximum Gasteiger partial charge on any atom is 0.264 e. The van der Waals surface area contributed by atoms with Crippen molar-refractivity contribution >= 4 is 38.7 Å². The Morgan fingerprint density at radius 3 is 2.42 bits per heavy atom. The Kier molecular flexibility index (Phi) is 11.3. The van der Waals surface area contributed by atoms with Gasteiger partial charge in [-0.1, -0.05) is 66.2 Å². The van der Waals surface area contributed by atoms with E-state index in [1.54, 1.807) is 19.2 Å². The number of sulfonamides is 1. The number of nitrogens with two attached hydrogens (primary N) is 2. The molecule has 4 aromatic rings. The number of benzene rings is 3. The van der Waals surface area contributed by atoms with Crippen LogP contribution in [0.3, 0.4) is 0 Å². The van der Waals surface area contributed by atoms with Crippen LogP contribution in [0.15, 0.2) is 94.9 Å².